The molecule has 0 saturated carbocycles. The number of nitrogens with zero attached hydrogens (tertiary/aromatic N) is 2. The molecule has 0 radical (unpaired) electrons. The van der Waals surface area contributed by atoms with Crippen molar-refractivity contribution in [2.75, 3.05) is 13.2 Å². The summed E-state index contributed by atoms with van der Waals surface area (Å²) in [6.07, 6.45) is 3.76. The number of carbonyl (C=O) groups is 1. The molecule has 1 aromatic heterocycles. The summed E-state index contributed by atoms with van der Waals surface area (Å²) in [5.74, 6) is -0.391. The molecule has 0 amide bonds. The zero-order chi connectivity index (χ0) is 14.4. The van der Waals surface area contributed by atoms with Crippen LogP contribution in [0.2, 0.25) is 0 Å². The largest absolute Gasteiger partial charge is 0.492 e. The van der Waals surface area contributed by atoms with Gasteiger partial charge in [0.2, 0.25) is 0 Å². The molecule has 6 nitrogen and oxygen atoms in total. The lowest BCUT2D eigenvalue weighted by Gasteiger charge is -2.07. The Bertz CT molecular complexity index is 581. The number of hydrogen-bond acceptors (Lipinski definition) is 4. The Balaban J connectivity index is 1.70. The SMILES string of the molecule is Cn1cc(CNCCOc2cccc(C(=O)O)c2)cn1. The Labute approximate surface area is 117 Å². The molecule has 2 aromatic rings. The summed E-state index contributed by atoms with van der Waals surface area (Å²) in [7, 11) is 1.88. The molecule has 0 aliphatic rings. The highest BCUT2D eigenvalue weighted by Crippen LogP contribution is 2.12. The Morgan fingerprint density at radius 3 is 3.05 bits per heavy atom. The predicted molar refractivity (Wildman–Crippen MR) is 73.8 cm³/mol. The summed E-state index contributed by atoms with van der Waals surface area (Å²) < 4.78 is 7.25. The van der Waals surface area contributed by atoms with Crippen molar-refractivity contribution in [3.8, 4) is 5.75 Å². The van der Waals surface area contributed by atoms with E-state index < -0.39 is 5.97 Å². The second-order valence-corrected chi connectivity index (χ2v) is 4.38. The third-order valence-electron chi connectivity index (χ3n) is 2.72. The van der Waals surface area contributed by atoms with E-state index in [1.165, 1.54) is 12.1 Å². The van der Waals surface area contributed by atoms with Crippen molar-refractivity contribution in [3.05, 3.63) is 47.8 Å². The van der Waals surface area contributed by atoms with Crippen LogP contribution in [0.1, 0.15) is 15.9 Å². The van der Waals surface area contributed by atoms with Crippen molar-refractivity contribution in [3.63, 3.8) is 0 Å². The lowest BCUT2D eigenvalue weighted by atomic mass is 10.2. The van der Waals surface area contributed by atoms with Gasteiger partial charge in [-0.25, -0.2) is 4.79 Å². The fourth-order valence-corrected chi connectivity index (χ4v) is 1.76. The molecule has 0 atom stereocenters. The van der Waals surface area contributed by atoms with Crippen LogP contribution >= 0.6 is 0 Å². The van der Waals surface area contributed by atoms with Gasteiger partial charge in [-0.2, -0.15) is 5.10 Å². The van der Waals surface area contributed by atoms with E-state index in [1.807, 2.05) is 19.4 Å². The number of aromatic carboxylic acids is 1. The molecule has 0 bridgehead atoms. The monoisotopic (exact) mass is 275 g/mol. The van der Waals surface area contributed by atoms with Gasteiger partial charge in [-0.3, -0.25) is 4.68 Å². The molecule has 1 aromatic carbocycles. The van der Waals surface area contributed by atoms with E-state index in [0.717, 1.165) is 12.1 Å². The molecular weight excluding hydrogens is 258 g/mol. The summed E-state index contributed by atoms with van der Waals surface area (Å²) in [6.45, 7) is 1.88. The van der Waals surface area contributed by atoms with Crippen molar-refractivity contribution < 1.29 is 14.6 Å². The second kappa shape index (κ2) is 6.72. The second-order valence-electron chi connectivity index (χ2n) is 4.38. The minimum atomic E-state index is -0.954. The van der Waals surface area contributed by atoms with Crippen LogP contribution in [0, 0.1) is 0 Å². The third kappa shape index (κ3) is 4.10. The smallest absolute Gasteiger partial charge is 0.335 e. The Morgan fingerprint density at radius 1 is 1.50 bits per heavy atom. The van der Waals surface area contributed by atoms with E-state index in [-0.39, 0.29) is 5.56 Å². The highest BCUT2D eigenvalue weighted by atomic mass is 16.5. The molecule has 106 valence electrons. The van der Waals surface area contributed by atoms with Gasteiger partial charge >= 0.3 is 5.97 Å². The zero-order valence-electron chi connectivity index (χ0n) is 11.2. The van der Waals surface area contributed by atoms with E-state index in [0.29, 0.717) is 18.9 Å². The number of carboxylic acid groups (broad SMARTS) is 1. The Kier molecular flexibility index (Phi) is 4.73. The quantitative estimate of drug-likeness (QED) is 0.745. The van der Waals surface area contributed by atoms with Gasteiger partial charge in [-0.05, 0) is 18.2 Å². The molecule has 0 aliphatic heterocycles. The molecule has 20 heavy (non-hydrogen) atoms. The van der Waals surface area contributed by atoms with Crippen molar-refractivity contribution in [1.82, 2.24) is 15.1 Å². The van der Waals surface area contributed by atoms with E-state index >= 15 is 0 Å². The minimum Gasteiger partial charge on any atom is -0.492 e. The first-order valence-electron chi connectivity index (χ1n) is 6.29. The molecule has 0 unspecified atom stereocenters. The van der Waals surface area contributed by atoms with Crippen LogP contribution in [0.15, 0.2) is 36.7 Å². The van der Waals surface area contributed by atoms with Gasteiger partial charge in [-0.15, -0.1) is 0 Å². The van der Waals surface area contributed by atoms with Crippen LogP contribution in [0.25, 0.3) is 0 Å². The number of aryl methyl sites for hydroxylation is 1. The highest BCUT2D eigenvalue weighted by molar-refractivity contribution is 5.87. The van der Waals surface area contributed by atoms with Crippen LogP contribution in [0.5, 0.6) is 5.75 Å². The molecule has 2 N–H and O–H groups in total. The average molecular weight is 275 g/mol. The van der Waals surface area contributed by atoms with E-state index in [9.17, 15) is 4.79 Å². The number of carboxylic acids is 1. The van der Waals surface area contributed by atoms with Crippen molar-refractivity contribution in [1.29, 1.82) is 0 Å². The molecular formula is C14H17N3O3. The Morgan fingerprint density at radius 2 is 2.35 bits per heavy atom. The minimum absolute atomic E-state index is 0.228. The first kappa shape index (κ1) is 14.1. The molecule has 0 fully saturated rings. The predicted octanol–water partition coefficient (Wildman–Crippen LogP) is 1.29. The fourth-order valence-electron chi connectivity index (χ4n) is 1.76. The van der Waals surface area contributed by atoms with Gasteiger partial charge in [0.15, 0.2) is 0 Å². The Hall–Kier alpha value is -2.34. The zero-order valence-corrected chi connectivity index (χ0v) is 11.2. The first-order chi connectivity index (χ1) is 9.65. The highest BCUT2D eigenvalue weighted by Gasteiger charge is 2.03. The van der Waals surface area contributed by atoms with Gasteiger partial charge < -0.3 is 15.2 Å². The summed E-state index contributed by atoms with van der Waals surface area (Å²) in [5, 5.41) is 16.2. The molecule has 0 aliphatic carbocycles. The maximum atomic E-state index is 10.8. The van der Waals surface area contributed by atoms with E-state index in [4.69, 9.17) is 9.84 Å². The first-order valence-corrected chi connectivity index (χ1v) is 6.29. The molecule has 0 saturated heterocycles. The lowest BCUT2D eigenvalue weighted by molar-refractivity contribution is 0.0696. The topological polar surface area (TPSA) is 76.4 Å². The van der Waals surface area contributed by atoms with Gasteiger partial charge in [0.05, 0.1) is 11.8 Å². The standard InChI is InChI=1S/C14H17N3O3/c1-17-10-11(9-16-17)8-15-5-6-20-13-4-2-3-12(7-13)14(18)19/h2-4,7,9-10,15H,5-6,8H2,1H3,(H,18,19). The summed E-state index contributed by atoms with van der Waals surface area (Å²) >= 11 is 0. The van der Waals surface area contributed by atoms with Gasteiger partial charge in [0.25, 0.3) is 0 Å². The van der Waals surface area contributed by atoms with Crippen LogP contribution in [-0.4, -0.2) is 34.0 Å². The average Bonchev–Trinajstić information content (AvgIpc) is 2.84. The van der Waals surface area contributed by atoms with Crippen molar-refractivity contribution in [2.45, 2.75) is 6.54 Å². The number of benzene rings is 1. The number of nitrogens with one attached hydrogen (secondary N) is 1. The van der Waals surface area contributed by atoms with Crippen molar-refractivity contribution in [2.24, 2.45) is 7.05 Å². The molecule has 0 spiro atoms. The maximum absolute atomic E-state index is 10.8. The van der Waals surface area contributed by atoms with E-state index in [1.54, 1.807) is 16.8 Å². The van der Waals surface area contributed by atoms with Crippen LogP contribution < -0.4 is 10.1 Å². The number of rotatable bonds is 7. The normalized spacial score (nSPS) is 10.4. The molecule has 6 heteroatoms. The molecule has 2 rings (SSSR count). The van der Waals surface area contributed by atoms with Crippen molar-refractivity contribution >= 4 is 5.97 Å². The lowest BCUT2D eigenvalue weighted by Crippen LogP contribution is -2.20. The number of aromatic nitrogens is 2. The fraction of sp³-hybridized carbons (Fsp3) is 0.286. The molecule has 1 heterocycles. The van der Waals surface area contributed by atoms with Crippen LogP contribution in [-0.2, 0) is 13.6 Å². The van der Waals surface area contributed by atoms with Crippen LogP contribution in [0.4, 0.5) is 0 Å². The summed E-state index contributed by atoms with van der Waals surface area (Å²) in [4.78, 5) is 10.8. The number of ether oxygens (including phenoxy) is 1. The summed E-state index contributed by atoms with van der Waals surface area (Å²) in [5.41, 5.74) is 1.34. The van der Waals surface area contributed by atoms with Crippen LogP contribution in [0.3, 0.4) is 0 Å². The van der Waals surface area contributed by atoms with Gasteiger partial charge in [-0.1, -0.05) is 6.07 Å². The summed E-state index contributed by atoms with van der Waals surface area (Å²) in [6, 6.07) is 6.47. The third-order valence-corrected chi connectivity index (χ3v) is 2.72. The van der Waals surface area contributed by atoms with E-state index in [2.05, 4.69) is 10.4 Å². The van der Waals surface area contributed by atoms with Gasteiger partial charge in [0, 0.05) is 31.9 Å². The number of hydrogen-bond donors (Lipinski definition) is 2. The maximum Gasteiger partial charge on any atom is 0.335 e. The van der Waals surface area contributed by atoms with Gasteiger partial charge in [0.1, 0.15) is 12.4 Å².